The van der Waals surface area contributed by atoms with Gasteiger partial charge in [-0.05, 0) is 92.1 Å². The number of hydrogen-bond acceptors (Lipinski definition) is 4. The van der Waals surface area contributed by atoms with Gasteiger partial charge in [0, 0.05) is 11.8 Å². The zero-order valence-corrected chi connectivity index (χ0v) is 17.6. The molecule has 30 heavy (non-hydrogen) atoms. The standard InChI is InChI=1S/C25H32O5/c1-3-14-11-15-12-16(26)5-6-17(15)18-7-8-24(4-2)22(21(14)18)19-13-20(19)25(24,29)9-10-30-23(27)28/h3,9-10,12,14,17-22,29H,1,4-8,11,13H2,2H3,(H,27,28)/b10-9-/t14-,17+,18-,19-,20+,21-,22+,24+,25+/m1/s1. The molecule has 0 aromatic carbocycles. The predicted octanol–water partition coefficient (Wildman–Crippen LogP) is 4.73. The molecule has 0 heterocycles. The van der Waals surface area contributed by atoms with Gasteiger partial charge < -0.3 is 14.9 Å². The normalized spacial score (nSPS) is 48.8. The summed E-state index contributed by atoms with van der Waals surface area (Å²) in [7, 11) is 0. The largest absolute Gasteiger partial charge is 0.510 e. The molecule has 5 nitrogen and oxygen atoms in total. The van der Waals surface area contributed by atoms with Crippen molar-refractivity contribution in [2.75, 3.05) is 0 Å². The average Bonchev–Trinajstić information content (AvgIpc) is 3.48. The van der Waals surface area contributed by atoms with Crippen LogP contribution in [0.3, 0.4) is 0 Å². The molecule has 5 aliphatic rings. The van der Waals surface area contributed by atoms with Crippen LogP contribution in [0.4, 0.5) is 4.79 Å². The Morgan fingerprint density at radius 1 is 1.37 bits per heavy atom. The summed E-state index contributed by atoms with van der Waals surface area (Å²) in [6.07, 6.45) is 11.9. The minimum atomic E-state index is -1.35. The van der Waals surface area contributed by atoms with Crippen LogP contribution in [0.1, 0.15) is 51.9 Å². The number of carbonyl (C=O) groups excluding carboxylic acids is 1. The van der Waals surface area contributed by atoms with Gasteiger partial charge >= 0.3 is 6.16 Å². The monoisotopic (exact) mass is 412 g/mol. The van der Waals surface area contributed by atoms with Crippen LogP contribution in [0.2, 0.25) is 0 Å². The Bertz CT molecular complexity index is 842. The Morgan fingerprint density at radius 3 is 2.87 bits per heavy atom. The Labute approximate surface area is 177 Å². The Balaban J connectivity index is 1.53. The smallest absolute Gasteiger partial charge is 0.449 e. The van der Waals surface area contributed by atoms with Crippen LogP contribution in [0, 0.1) is 46.8 Å². The first-order valence-corrected chi connectivity index (χ1v) is 11.5. The van der Waals surface area contributed by atoms with Crippen molar-refractivity contribution < 1.29 is 24.5 Å². The lowest BCUT2D eigenvalue weighted by atomic mass is 9.46. The highest BCUT2D eigenvalue weighted by molar-refractivity contribution is 5.91. The van der Waals surface area contributed by atoms with Gasteiger partial charge in [-0.1, -0.05) is 18.6 Å². The van der Waals surface area contributed by atoms with E-state index in [0.29, 0.717) is 41.9 Å². The van der Waals surface area contributed by atoms with E-state index < -0.39 is 11.8 Å². The first-order chi connectivity index (χ1) is 14.4. The molecule has 0 radical (unpaired) electrons. The van der Waals surface area contributed by atoms with Gasteiger partial charge in [-0.3, -0.25) is 4.79 Å². The minimum absolute atomic E-state index is 0.185. The van der Waals surface area contributed by atoms with Gasteiger partial charge in [0.25, 0.3) is 0 Å². The van der Waals surface area contributed by atoms with E-state index in [4.69, 9.17) is 5.11 Å². The van der Waals surface area contributed by atoms with E-state index in [1.54, 1.807) is 6.08 Å². The second kappa shape index (κ2) is 6.81. The number of ether oxygens (including phenoxy) is 1. The van der Waals surface area contributed by atoms with Crippen molar-refractivity contribution in [1.29, 1.82) is 0 Å². The van der Waals surface area contributed by atoms with Crippen LogP contribution in [0.15, 0.2) is 36.6 Å². The van der Waals surface area contributed by atoms with Gasteiger partial charge in [0.05, 0.1) is 11.9 Å². The van der Waals surface area contributed by atoms with Crippen LogP contribution in [0.5, 0.6) is 0 Å². The fraction of sp³-hybridized carbons (Fsp3) is 0.680. The summed E-state index contributed by atoms with van der Waals surface area (Å²) in [5.41, 5.74) is 0.0753. The number of rotatable bonds is 4. The lowest BCUT2D eigenvalue weighted by Gasteiger charge is -2.59. The van der Waals surface area contributed by atoms with Crippen LogP contribution >= 0.6 is 0 Å². The van der Waals surface area contributed by atoms with Gasteiger partial charge in [-0.15, -0.1) is 6.58 Å². The van der Waals surface area contributed by atoms with Crippen LogP contribution in [0.25, 0.3) is 0 Å². The third kappa shape index (κ3) is 2.57. The van der Waals surface area contributed by atoms with Crippen molar-refractivity contribution in [3.63, 3.8) is 0 Å². The third-order valence-corrected chi connectivity index (χ3v) is 9.57. The van der Waals surface area contributed by atoms with Crippen molar-refractivity contribution in [2.24, 2.45) is 46.8 Å². The Kier molecular flexibility index (Phi) is 4.55. The summed E-state index contributed by atoms with van der Waals surface area (Å²) in [5.74, 6) is 3.20. The van der Waals surface area contributed by atoms with E-state index >= 15 is 0 Å². The number of ketones is 1. The summed E-state index contributed by atoms with van der Waals surface area (Å²) >= 11 is 0. The minimum Gasteiger partial charge on any atom is -0.449 e. The number of carboxylic acid groups (broad SMARTS) is 1. The van der Waals surface area contributed by atoms with Gasteiger partial charge in [0.15, 0.2) is 5.78 Å². The van der Waals surface area contributed by atoms with Crippen molar-refractivity contribution in [1.82, 2.24) is 0 Å². The molecule has 0 bridgehead atoms. The van der Waals surface area contributed by atoms with Crippen molar-refractivity contribution in [3.8, 4) is 0 Å². The maximum absolute atomic E-state index is 12.0. The number of aliphatic hydroxyl groups is 1. The molecule has 5 heteroatoms. The maximum atomic E-state index is 12.0. The molecule has 5 aliphatic carbocycles. The predicted molar refractivity (Wildman–Crippen MR) is 111 cm³/mol. The molecule has 0 unspecified atom stereocenters. The van der Waals surface area contributed by atoms with Gasteiger partial charge in [-0.2, -0.15) is 0 Å². The molecule has 0 aromatic heterocycles. The highest BCUT2D eigenvalue weighted by Gasteiger charge is 2.76. The molecule has 0 amide bonds. The molecule has 9 atom stereocenters. The lowest BCUT2D eigenvalue weighted by Crippen LogP contribution is -2.57. The molecule has 2 N–H and O–H groups in total. The van der Waals surface area contributed by atoms with E-state index in [1.807, 2.05) is 6.08 Å². The zero-order valence-electron chi connectivity index (χ0n) is 17.6. The van der Waals surface area contributed by atoms with Gasteiger partial charge in [-0.25, -0.2) is 4.79 Å². The molecule has 5 rings (SSSR count). The first-order valence-electron chi connectivity index (χ1n) is 11.5. The molecular formula is C25H32O5. The number of hydrogen-bond donors (Lipinski definition) is 2. The summed E-state index contributed by atoms with van der Waals surface area (Å²) < 4.78 is 4.66. The molecule has 0 saturated heterocycles. The summed E-state index contributed by atoms with van der Waals surface area (Å²) in [4.78, 5) is 22.9. The maximum Gasteiger partial charge on any atom is 0.510 e. The molecule has 0 aliphatic heterocycles. The van der Waals surface area contributed by atoms with E-state index in [2.05, 4.69) is 24.3 Å². The van der Waals surface area contributed by atoms with Gasteiger partial charge in [0.2, 0.25) is 0 Å². The van der Waals surface area contributed by atoms with Crippen LogP contribution in [-0.2, 0) is 9.53 Å². The van der Waals surface area contributed by atoms with Crippen molar-refractivity contribution in [3.05, 3.63) is 36.6 Å². The van der Waals surface area contributed by atoms with Crippen LogP contribution < -0.4 is 0 Å². The van der Waals surface area contributed by atoms with Crippen LogP contribution in [-0.4, -0.2) is 27.8 Å². The third-order valence-electron chi connectivity index (χ3n) is 9.57. The van der Waals surface area contributed by atoms with Crippen molar-refractivity contribution >= 4 is 11.9 Å². The molecule has 162 valence electrons. The van der Waals surface area contributed by atoms with E-state index in [-0.39, 0.29) is 17.1 Å². The summed E-state index contributed by atoms with van der Waals surface area (Å²) in [6.45, 7) is 6.34. The highest BCUT2D eigenvalue weighted by Crippen LogP contribution is 2.77. The Hall–Kier alpha value is -1.88. The summed E-state index contributed by atoms with van der Waals surface area (Å²) in [6, 6.07) is 0. The molecular weight excluding hydrogens is 380 g/mol. The lowest BCUT2D eigenvalue weighted by molar-refractivity contribution is -0.134. The SMILES string of the molecule is C=C[C@@H]1CC2=CC(=O)CC[C@@H]2[C@H]2CC[C@@]3(CC)[C@@H]([C@@H]4C[C@@H]4[C@@]3(O)/C=C\OC(=O)O)[C@@H]21. The average molecular weight is 413 g/mol. The number of allylic oxidation sites excluding steroid dienone is 2. The van der Waals surface area contributed by atoms with Crippen molar-refractivity contribution in [2.45, 2.75) is 57.5 Å². The second-order valence-electron chi connectivity index (χ2n) is 10.3. The second-order valence-corrected chi connectivity index (χ2v) is 10.3. The van der Waals surface area contributed by atoms with E-state index in [9.17, 15) is 14.7 Å². The van der Waals surface area contributed by atoms with Gasteiger partial charge in [0.1, 0.15) is 0 Å². The number of carbonyl (C=O) groups is 2. The van der Waals surface area contributed by atoms with E-state index in [0.717, 1.165) is 38.5 Å². The topological polar surface area (TPSA) is 83.8 Å². The fourth-order valence-corrected chi connectivity index (χ4v) is 8.52. The summed E-state index contributed by atoms with van der Waals surface area (Å²) in [5, 5.41) is 20.8. The van der Waals surface area contributed by atoms with E-state index in [1.165, 1.54) is 11.8 Å². The number of fused-ring (bicyclic) bond motifs is 7. The zero-order chi connectivity index (χ0) is 21.3. The molecule has 4 fully saturated rings. The molecule has 0 spiro atoms. The fourth-order valence-electron chi connectivity index (χ4n) is 8.52. The first kappa shape index (κ1) is 20.0. The molecule has 4 saturated carbocycles. The Morgan fingerprint density at radius 2 is 2.17 bits per heavy atom. The highest BCUT2D eigenvalue weighted by atomic mass is 16.7. The quantitative estimate of drug-likeness (QED) is 0.396. The molecule has 0 aromatic rings.